The summed E-state index contributed by atoms with van der Waals surface area (Å²) in [6.45, 7) is 3.93. The number of hydrogen-bond donors (Lipinski definition) is 1. The van der Waals surface area contributed by atoms with Gasteiger partial charge in [0.25, 0.3) is 5.91 Å². The molecular weight excluding hydrogens is 336 g/mol. The van der Waals surface area contributed by atoms with Gasteiger partial charge < -0.3 is 20.0 Å². The van der Waals surface area contributed by atoms with Crippen molar-refractivity contribution in [1.82, 2.24) is 14.7 Å². The molecule has 8 heteroatoms. The number of rotatable bonds is 4. The van der Waals surface area contributed by atoms with E-state index in [-0.39, 0.29) is 30.2 Å². The van der Waals surface area contributed by atoms with Crippen LogP contribution < -0.4 is 5.73 Å². The summed E-state index contributed by atoms with van der Waals surface area (Å²) in [5, 5.41) is 0. The van der Waals surface area contributed by atoms with Gasteiger partial charge in [-0.15, -0.1) is 0 Å². The highest BCUT2D eigenvalue weighted by Gasteiger charge is 2.31. The predicted octanol–water partition coefficient (Wildman–Crippen LogP) is 0.151. The number of furan rings is 1. The molecule has 2 aliphatic rings. The number of carbonyl (C=O) groups excluding carboxylic acids is 3. The molecule has 2 aliphatic heterocycles. The van der Waals surface area contributed by atoms with Gasteiger partial charge in [-0.1, -0.05) is 0 Å². The zero-order valence-corrected chi connectivity index (χ0v) is 14.9. The number of nitrogens with two attached hydrogens (primary N) is 1. The Kier molecular flexibility index (Phi) is 5.92. The summed E-state index contributed by atoms with van der Waals surface area (Å²) >= 11 is 0. The summed E-state index contributed by atoms with van der Waals surface area (Å²) < 4.78 is 4.98. The van der Waals surface area contributed by atoms with Crippen LogP contribution in [0.2, 0.25) is 0 Å². The van der Waals surface area contributed by atoms with Crippen LogP contribution in [0.25, 0.3) is 0 Å². The van der Waals surface area contributed by atoms with Gasteiger partial charge in [-0.25, -0.2) is 0 Å². The van der Waals surface area contributed by atoms with E-state index in [1.165, 1.54) is 12.5 Å². The van der Waals surface area contributed by atoms with Crippen LogP contribution in [0.4, 0.5) is 0 Å². The fourth-order valence-corrected chi connectivity index (χ4v) is 3.79. The second-order valence-electron chi connectivity index (χ2n) is 7.02. The molecule has 0 bridgehead atoms. The minimum absolute atomic E-state index is 0.0571. The third-order valence-electron chi connectivity index (χ3n) is 5.10. The number of hydrogen-bond acceptors (Lipinski definition) is 5. The van der Waals surface area contributed by atoms with Crippen LogP contribution in [0.15, 0.2) is 23.0 Å². The van der Waals surface area contributed by atoms with E-state index in [9.17, 15) is 14.4 Å². The van der Waals surface area contributed by atoms with E-state index in [0.717, 1.165) is 25.8 Å². The average molecular weight is 362 g/mol. The molecule has 3 amide bonds. The summed E-state index contributed by atoms with van der Waals surface area (Å²) in [6.07, 6.45) is 5.42. The lowest BCUT2D eigenvalue weighted by Gasteiger charge is -2.34. The van der Waals surface area contributed by atoms with Crippen molar-refractivity contribution >= 4 is 17.7 Å². The lowest BCUT2D eigenvalue weighted by atomic mass is 9.96. The van der Waals surface area contributed by atoms with Gasteiger partial charge in [0, 0.05) is 32.7 Å². The van der Waals surface area contributed by atoms with Gasteiger partial charge in [-0.05, 0) is 31.9 Å². The van der Waals surface area contributed by atoms with Crippen molar-refractivity contribution < 1.29 is 18.8 Å². The molecular formula is C18H26N4O4. The number of piperidine rings is 1. The Morgan fingerprint density at radius 2 is 1.85 bits per heavy atom. The summed E-state index contributed by atoms with van der Waals surface area (Å²) in [5.74, 6) is -0.393. The molecule has 26 heavy (non-hydrogen) atoms. The zero-order valence-electron chi connectivity index (χ0n) is 14.9. The van der Waals surface area contributed by atoms with Gasteiger partial charge in [0.1, 0.15) is 6.26 Å². The number of carbonyl (C=O) groups is 3. The highest BCUT2D eigenvalue weighted by molar-refractivity contribution is 5.93. The van der Waals surface area contributed by atoms with Crippen LogP contribution in [0.1, 0.15) is 29.6 Å². The molecule has 0 aliphatic carbocycles. The number of primary amides is 1. The Morgan fingerprint density at radius 3 is 2.58 bits per heavy atom. The second-order valence-corrected chi connectivity index (χ2v) is 7.02. The maximum Gasteiger partial charge on any atom is 0.257 e. The van der Waals surface area contributed by atoms with Crippen molar-refractivity contribution in [3.05, 3.63) is 24.2 Å². The third kappa shape index (κ3) is 4.43. The summed E-state index contributed by atoms with van der Waals surface area (Å²) in [7, 11) is 0. The van der Waals surface area contributed by atoms with Crippen LogP contribution in [-0.2, 0) is 9.59 Å². The van der Waals surface area contributed by atoms with Crippen molar-refractivity contribution in [2.24, 2.45) is 11.7 Å². The molecule has 1 aromatic heterocycles. The molecule has 0 radical (unpaired) electrons. The van der Waals surface area contributed by atoms with Crippen LogP contribution in [0.3, 0.4) is 0 Å². The van der Waals surface area contributed by atoms with E-state index in [1.807, 2.05) is 9.80 Å². The molecule has 3 heterocycles. The van der Waals surface area contributed by atoms with Crippen molar-refractivity contribution in [3.63, 3.8) is 0 Å². The lowest BCUT2D eigenvalue weighted by molar-refractivity contribution is -0.137. The van der Waals surface area contributed by atoms with Crippen LogP contribution in [0.5, 0.6) is 0 Å². The van der Waals surface area contributed by atoms with Crippen molar-refractivity contribution in [3.8, 4) is 0 Å². The second kappa shape index (κ2) is 8.35. The fourth-order valence-electron chi connectivity index (χ4n) is 3.79. The summed E-state index contributed by atoms with van der Waals surface area (Å²) in [6, 6.07) is 1.66. The van der Waals surface area contributed by atoms with Gasteiger partial charge in [0.2, 0.25) is 11.8 Å². The maximum absolute atomic E-state index is 12.9. The minimum Gasteiger partial charge on any atom is -0.472 e. The van der Waals surface area contributed by atoms with Crippen molar-refractivity contribution in [2.75, 3.05) is 45.8 Å². The van der Waals surface area contributed by atoms with E-state index in [1.54, 1.807) is 11.0 Å². The molecule has 0 aromatic carbocycles. The average Bonchev–Trinajstić information content (AvgIpc) is 3.05. The summed E-state index contributed by atoms with van der Waals surface area (Å²) in [5.41, 5.74) is 5.81. The van der Waals surface area contributed by atoms with Gasteiger partial charge in [0.15, 0.2) is 0 Å². The summed E-state index contributed by atoms with van der Waals surface area (Å²) in [4.78, 5) is 42.1. The Hall–Kier alpha value is -2.35. The molecule has 142 valence electrons. The van der Waals surface area contributed by atoms with E-state index in [4.69, 9.17) is 10.2 Å². The molecule has 2 saturated heterocycles. The Morgan fingerprint density at radius 1 is 1.08 bits per heavy atom. The smallest absolute Gasteiger partial charge is 0.257 e. The number of amides is 3. The SMILES string of the molecule is NC(=O)CN1CCC[C@@H](C(=O)N2CCCN(C(=O)c3ccoc3)CC2)C1. The van der Waals surface area contributed by atoms with Crippen molar-refractivity contribution in [2.45, 2.75) is 19.3 Å². The monoisotopic (exact) mass is 362 g/mol. The predicted molar refractivity (Wildman–Crippen MR) is 94.2 cm³/mol. The topological polar surface area (TPSA) is 100 Å². The normalized spacial score (nSPS) is 22.1. The lowest BCUT2D eigenvalue weighted by Crippen LogP contribution is -2.47. The van der Waals surface area contributed by atoms with Crippen LogP contribution in [-0.4, -0.2) is 78.2 Å². The third-order valence-corrected chi connectivity index (χ3v) is 5.10. The van der Waals surface area contributed by atoms with Crippen LogP contribution in [0, 0.1) is 5.92 Å². The molecule has 0 unspecified atom stereocenters. The first kappa shape index (κ1) is 18.4. The maximum atomic E-state index is 12.9. The zero-order chi connectivity index (χ0) is 18.5. The quantitative estimate of drug-likeness (QED) is 0.822. The van der Waals surface area contributed by atoms with Gasteiger partial charge in [0.05, 0.1) is 24.3 Å². The standard InChI is InChI=1S/C18H26N4O4/c19-16(23)12-20-5-1-3-14(11-20)17(24)21-6-2-7-22(9-8-21)18(25)15-4-10-26-13-15/h4,10,13-14H,1-3,5-9,11-12H2,(H2,19,23)/t14-/m1/s1. The molecule has 3 rings (SSSR count). The number of nitrogens with zero attached hydrogens (tertiary/aromatic N) is 3. The van der Waals surface area contributed by atoms with E-state index in [0.29, 0.717) is 38.3 Å². The van der Waals surface area contributed by atoms with Crippen LogP contribution >= 0.6 is 0 Å². The first-order valence-corrected chi connectivity index (χ1v) is 9.15. The molecule has 2 fully saturated rings. The fraction of sp³-hybridized carbons (Fsp3) is 0.611. The van der Waals surface area contributed by atoms with Gasteiger partial charge in [-0.2, -0.15) is 0 Å². The first-order valence-electron chi connectivity index (χ1n) is 9.15. The highest BCUT2D eigenvalue weighted by Crippen LogP contribution is 2.20. The largest absolute Gasteiger partial charge is 0.472 e. The van der Waals surface area contributed by atoms with Crippen molar-refractivity contribution in [1.29, 1.82) is 0 Å². The number of likely N-dealkylation sites (tertiary alicyclic amines) is 1. The van der Waals surface area contributed by atoms with Gasteiger partial charge in [-0.3, -0.25) is 19.3 Å². The van der Waals surface area contributed by atoms with E-state index >= 15 is 0 Å². The molecule has 1 aromatic rings. The first-order chi connectivity index (χ1) is 12.5. The Balaban J connectivity index is 1.55. The molecule has 1 atom stereocenters. The van der Waals surface area contributed by atoms with E-state index < -0.39 is 0 Å². The minimum atomic E-state index is -0.360. The van der Waals surface area contributed by atoms with Gasteiger partial charge >= 0.3 is 0 Å². The Labute approximate surface area is 152 Å². The highest BCUT2D eigenvalue weighted by atomic mass is 16.3. The molecule has 0 saturated carbocycles. The molecule has 0 spiro atoms. The van der Waals surface area contributed by atoms with E-state index in [2.05, 4.69) is 0 Å². The molecule has 8 nitrogen and oxygen atoms in total. The molecule has 2 N–H and O–H groups in total. The Bertz CT molecular complexity index is 646.